The van der Waals surface area contributed by atoms with Crippen LogP contribution in [0.25, 0.3) is 0 Å². The average molecular weight is 326 g/mol. The zero-order chi connectivity index (χ0) is 15.4. The summed E-state index contributed by atoms with van der Waals surface area (Å²) < 4.78 is 16.8. The second-order valence-electron chi connectivity index (χ2n) is 6.20. The van der Waals surface area contributed by atoms with Gasteiger partial charge >= 0.3 is 0 Å². The van der Waals surface area contributed by atoms with Crippen molar-refractivity contribution in [3.05, 3.63) is 22.7 Å². The molecule has 4 nitrogen and oxygen atoms in total. The second kappa shape index (κ2) is 7.53. The Morgan fingerprint density at radius 3 is 2.91 bits per heavy atom. The Bertz CT molecular complexity index is 503. The molecule has 2 aliphatic rings. The molecule has 0 unspecified atom stereocenters. The van der Waals surface area contributed by atoms with E-state index < -0.39 is 0 Å². The standard InChI is InChI=1S/C17H24ClNO3/c1-19(11-14-4-8-20-12-14)5-3-13-9-15(18)17-16(10-13)21-6-2-7-22-17/h9-10,14H,2-8,11-12H2,1H3/t14-/m1/s1. The maximum atomic E-state index is 6.34. The predicted molar refractivity (Wildman–Crippen MR) is 87.2 cm³/mol. The smallest absolute Gasteiger partial charge is 0.179 e. The summed E-state index contributed by atoms with van der Waals surface area (Å²) in [6.07, 6.45) is 3.03. The molecule has 3 rings (SSSR count). The van der Waals surface area contributed by atoms with E-state index in [2.05, 4.69) is 18.0 Å². The Balaban J connectivity index is 1.58. The molecule has 0 aliphatic carbocycles. The van der Waals surface area contributed by atoms with Crippen molar-refractivity contribution in [1.82, 2.24) is 4.90 Å². The van der Waals surface area contributed by atoms with Crippen LogP contribution in [0.2, 0.25) is 5.02 Å². The van der Waals surface area contributed by atoms with Crippen LogP contribution in [0.15, 0.2) is 12.1 Å². The molecule has 22 heavy (non-hydrogen) atoms. The van der Waals surface area contributed by atoms with Crippen LogP contribution >= 0.6 is 11.6 Å². The van der Waals surface area contributed by atoms with Gasteiger partial charge in [-0.2, -0.15) is 0 Å². The molecule has 1 aromatic rings. The summed E-state index contributed by atoms with van der Waals surface area (Å²) in [6.45, 7) is 5.27. The van der Waals surface area contributed by atoms with Gasteiger partial charge in [0.15, 0.2) is 11.5 Å². The van der Waals surface area contributed by atoms with E-state index >= 15 is 0 Å². The highest BCUT2D eigenvalue weighted by atomic mass is 35.5. The quantitative estimate of drug-likeness (QED) is 0.832. The van der Waals surface area contributed by atoms with E-state index in [-0.39, 0.29) is 0 Å². The summed E-state index contributed by atoms with van der Waals surface area (Å²) in [6, 6.07) is 4.07. The molecule has 1 atom stereocenters. The van der Waals surface area contributed by atoms with Gasteiger partial charge in [0, 0.05) is 26.1 Å². The van der Waals surface area contributed by atoms with Crippen LogP contribution in [0.5, 0.6) is 11.5 Å². The summed E-state index contributed by atoms with van der Waals surface area (Å²) in [5.74, 6) is 2.16. The average Bonchev–Trinajstić information content (AvgIpc) is 2.88. The van der Waals surface area contributed by atoms with Gasteiger partial charge in [-0.25, -0.2) is 0 Å². The van der Waals surface area contributed by atoms with Crippen molar-refractivity contribution in [3.63, 3.8) is 0 Å². The van der Waals surface area contributed by atoms with Gasteiger partial charge in [-0.1, -0.05) is 11.6 Å². The number of nitrogens with zero attached hydrogens (tertiary/aromatic N) is 1. The lowest BCUT2D eigenvalue weighted by molar-refractivity contribution is 0.174. The largest absolute Gasteiger partial charge is 0.489 e. The molecule has 1 fully saturated rings. The molecule has 0 N–H and O–H groups in total. The van der Waals surface area contributed by atoms with E-state index in [9.17, 15) is 0 Å². The van der Waals surface area contributed by atoms with Crippen molar-refractivity contribution in [1.29, 1.82) is 0 Å². The number of rotatable bonds is 5. The monoisotopic (exact) mass is 325 g/mol. The van der Waals surface area contributed by atoms with Crippen molar-refractivity contribution in [3.8, 4) is 11.5 Å². The lowest BCUT2D eigenvalue weighted by atomic mass is 10.1. The van der Waals surface area contributed by atoms with Gasteiger partial charge in [0.25, 0.3) is 0 Å². The molecule has 0 saturated carbocycles. The van der Waals surface area contributed by atoms with Gasteiger partial charge in [-0.3, -0.25) is 0 Å². The Morgan fingerprint density at radius 1 is 1.23 bits per heavy atom. The Labute approximate surface area is 137 Å². The number of ether oxygens (including phenoxy) is 3. The van der Waals surface area contributed by atoms with Gasteiger partial charge in [0.2, 0.25) is 0 Å². The maximum absolute atomic E-state index is 6.34. The molecule has 2 aliphatic heterocycles. The van der Waals surface area contributed by atoms with E-state index in [1.165, 1.54) is 12.0 Å². The molecule has 0 radical (unpaired) electrons. The van der Waals surface area contributed by atoms with E-state index in [0.29, 0.717) is 29.9 Å². The van der Waals surface area contributed by atoms with E-state index in [4.69, 9.17) is 25.8 Å². The molecular weight excluding hydrogens is 302 g/mol. The first kappa shape index (κ1) is 15.9. The summed E-state index contributed by atoms with van der Waals surface area (Å²) in [7, 11) is 2.17. The zero-order valence-corrected chi connectivity index (χ0v) is 13.9. The van der Waals surface area contributed by atoms with E-state index in [0.717, 1.165) is 44.9 Å². The fourth-order valence-electron chi connectivity index (χ4n) is 3.01. The zero-order valence-electron chi connectivity index (χ0n) is 13.1. The summed E-state index contributed by atoms with van der Waals surface area (Å²) in [4.78, 5) is 2.37. The number of fused-ring (bicyclic) bond motifs is 1. The minimum Gasteiger partial charge on any atom is -0.489 e. The molecule has 0 aromatic heterocycles. The molecule has 1 saturated heterocycles. The van der Waals surface area contributed by atoms with Crippen molar-refractivity contribution in [2.24, 2.45) is 5.92 Å². The number of benzene rings is 1. The van der Waals surface area contributed by atoms with Crippen LogP contribution < -0.4 is 9.47 Å². The van der Waals surface area contributed by atoms with Crippen molar-refractivity contribution in [2.75, 3.05) is 46.6 Å². The molecule has 122 valence electrons. The maximum Gasteiger partial charge on any atom is 0.179 e. The first-order chi connectivity index (χ1) is 10.7. The molecule has 0 bridgehead atoms. The van der Waals surface area contributed by atoms with Crippen LogP contribution in [0.3, 0.4) is 0 Å². The SMILES string of the molecule is CN(CCc1cc(Cl)c2c(c1)OCCCO2)C[C@H]1CCOC1. The van der Waals surface area contributed by atoms with Crippen LogP contribution in [0, 0.1) is 5.92 Å². The van der Waals surface area contributed by atoms with Crippen molar-refractivity contribution < 1.29 is 14.2 Å². The minimum absolute atomic E-state index is 0.654. The fraction of sp³-hybridized carbons (Fsp3) is 0.647. The lowest BCUT2D eigenvalue weighted by Crippen LogP contribution is -2.28. The number of hydrogen-bond donors (Lipinski definition) is 0. The highest BCUT2D eigenvalue weighted by molar-refractivity contribution is 6.32. The molecular formula is C17H24ClNO3. The molecule has 0 spiro atoms. The molecule has 5 heteroatoms. The van der Waals surface area contributed by atoms with Crippen LogP contribution in [-0.2, 0) is 11.2 Å². The second-order valence-corrected chi connectivity index (χ2v) is 6.60. The summed E-state index contributed by atoms with van der Waals surface area (Å²) in [5.41, 5.74) is 1.20. The van der Waals surface area contributed by atoms with Crippen LogP contribution in [-0.4, -0.2) is 51.5 Å². The Morgan fingerprint density at radius 2 is 2.09 bits per heavy atom. The summed E-state index contributed by atoms with van der Waals surface area (Å²) >= 11 is 6.34. The molecule has 1 aromatic carbocycles. The lowest BCUT2D eigenvalue weighted by Gasteiger charge is -2.20. The normalized spacial score (nSPS) is 21.1. The van der Waals surface area contributed by atoms with Gasteiger partial charge in [0.05, 0.1) is 24.8 Å². The highest BCUT2D eigenvalue weighted by Crippen LogP contribution is 2.38. The van der Waals surface area contributed by atoms with Gasteiger partial charge < -0.3 is 19.1 Å². The third kappa shape index (κ3) is 4.06. The molecule has 0 amide bonds. The van der Waals surface area contributed by atoms with Crippen molar-refractivity contribution in [2.45, 2.75) is 19.3 Å². The predicted octanol–water partition coefficient (Wildman–Crippen LogP) is 3.01. The minimum atomic E-state index is 0.654. The van der Waals surface area contributed by atoms with Crippen LogP contribution in [0.1, 0.15) is 18.4 Å². The third-order valence-electron chi connectivity index (χ3n) is 4.24. The Hall–Kier alpha value is -0.970. The third-order valence-corrected chi connectivity index (χ3v) is 4.52. The van der Waals surface area contributed by atoms with E-state index in [1.807, 2.05) is 6.07 Å². The number of hydrogen-bond acceptors (Lipinski definition) is 4. The fourth-order valence-corrected chi connectivity index (χ4v) is 3.30. The van der Waals surface area contributed by atoms with Crippen LogP contribution in [0.4, 0.5) is 0 Å². The number of likely N-dealkylation sites (N-methyl/N-ethyl adjacent to an activating group) is 1. The highest BCUT2D eigenvalue weighted by Gasteiger charge is 2.18. The Kier molecular flexibility index (Phi) is 5.45. The van der Waals surface area contributed by atoms with Gasteiger partial charge in [-0.15, -0.1) is 0 Å². The van der Waals surface area contributed by atoms with E-state index in [1.54, 1.807) is 0 Å². The first-order valence-electron chi connectivity index (χ1n) is 8.06. The first-order valence-corrected chi connectivity index (χ1v) is 8.44. The van der Waals surface area contributed by atoms with Gasteiger partial charge in [0.1, 0.15) is 0 Å². The van der Waals surface area contributed by atoms with Crippen molar-refractivity contribution >= 4 is 11.6 Å². The summed E-state index contributed by atoms with van der Waals surface area (Å²) in [5, 5.41) is 0.654. The van der Waals surface area contributed by atoms with Gasteiger partial charge in [-0.05, 0) is 43.5 Å². The topological polar surface area (TPSA) is 30.9 Å². The molecule has 2 heterocycles. The number of halogens is 1.